The van der Waals surface area contributed by atoms with Crippen molar-refractivity contribution >= 4 is 27.7 Å². The van der Waals surface area contributed by atoms with Crippen LogP contribution in [0.5, 0.6) is 0 Å². The Morgan fingerprint density at radius 1 is 1.08 bits per heavy atom. The van der Waals surface area contributed by atoms with Crippen LogP contribution in [0.4, 0.5) is 14.5 Å². The fraction of sp³-hybridized carbons (Fsp3) is 0.167. The quantitative estimate of drug-likeness (QED) is 0.756. The summed E-state index contributed by atoms with van der Waals surface area (Å²) in [5.74, 6) is -2.32. The van der Waals surface area contributed by atoms with E-state index < -0.39 is 33.6 Å². The number of halogens is 2. The lowest BCUT2D eigenvalue weighted by Gasteiger charge is -2.13. The molecule has 1 atom stereocenters. The summed E-state index contributed by atoms with van der Waals surface area (Å²) < 4.78 is 50.8. The van der Waals surface area contributed by atoms with Gasteiger partial charge in [0.15, 0.2) is 11.6 Å². The second kappa shape index (κ2) is 8.09. The van der Waals surface area contributed by atoms with E-state index in [0.717, 1.165) is 18.4 Å². The number of benzene rings is 2. The number of hydrogen-bond acceptors (Lipinski definition) is 3. The van der Waals surface area contributed by atoms with E-state index >= 15 is 0 Å². The third-order valence-corrected chi connectivity index (χ3v) is 4.05. The molecule has 1 amide bonds. The Bertz CT molecular complexity index is 926. The minimum atomic E-state index is -3.34. The third-order valence-electron chi connectivity index (χ3n) is 3.44. The smallest absolute Gasteiger partial charge is 0.244 e. The highest BCUT2D eigenvalue weighted by Gasteiger charge is 2.10. The maximum atomic E-state index is 13.2. The molecule has 1 unspecified atom stereocenters. The van der Waals surface area contributed by atoms with E-state index in [0.29, 0.717) is 16.8 Å². The van der Waals surface area contributed by atoms with Crippen LogP contribution in [0.25, 0.3) is 6.08 Å². The van der Waals surface area contributed by atoms with Gasteiger partial charge in [0.05, 0.1) is 12.3 Å². The number of rotatable bonds is 6. The molecule has 0 aromatic heterocycles. The summed E-state index contributed by atoms with van der Waals surface area (Å²) in [7, 11) is -3.34. The van der Waals surface area contributed by atoms with Crippen molar-refractivity contribution in [2.24, 2.45) is 0 Å². The molecule has 0 bridgehead atoms. The molecule has 2 aromatic rings. The first kappa shape index (κ1) is 19.6. The summed E-state index contributed by atoms with van der Waals surface area (Å²) in [6.07, 6.45) is 3.91. The number of amides is 1. The topological polar surface area (TPSA) is 75.3 Å². The van der Waals surface area contributed by atoms with E-state index in [9.17, 15) is 22.0 Å². The first-order chi connectivity index (χ1) is 12.1. The zero-order valence-corrected chi connectivity index (χ0v) is 15.0. The second-order valence-electron chi connectivity index (χ2n) is 5.73. The highest BCUT2D eigenvalue weighted by Crippen LogP contribution is 2.16. The van der Waals surface area contributed by atoms with Crippen LogP contribution in [0.2, 0.25) is 0 Å². The third kappa shape index (κ3) is 5.96. The Morgan fingerprint density at radius 2 is 1.73 bits per heavy atom. The van der Waals surface area contributed by atoms with Gasteiger partial charge >= 0.3 is 0 Å². The fourth-order valence-corrected chi connectivity index (χ4v) is 2.74. The summed E-state index contributed by atoms with van der Waals surface area (Å²) >= 11 is 0. The van der Waals surface area contributed by atoms with Crippen molar-refractivity contribution in [1.29, 1.82) is 0 Å². The maximum Gasteiger partial charge on any atom is 0.244 e. The lowest BCUT2D eigenvalue weighted by Crippen LogP contribution is -2.24. The van der Waals surface area contributed by atoms with E-state index in [1.165, 1.54) is 12.1 Å². The number of carbonyl (C=O) groups is 1. The van der Waals surface area contributed by atoms with E-state index in [-0.39, 0.29) is 0 Å². The zero-order chi connectivity index (χ0) is 19.3. The highest BCUT2D eigenvalue weighted by molar-refractivity contribution is 7.92. The molecule has 2 aromatic carbocycles. The first-order valence-corrected chi connectivity index (χ1v) is 9.54. The van der Waals surface area contributed by atoms with Gasteiger partial charge in [-0.1, -0.05) is 18.2 Å². The predicted octanol–water partition coefficient (Wildman–Crippen LogP) is 3.23. The Kier molecular flexibility index (Phi) is 6.10. The van der Waals surface area contributed by atoms with Gasteiger partial charge in [0.1, 0.15) is 0 Å². The fourth-order valence-electron chi connectivity index (χ4n) is 2.17. The molecule has 0 radical (unpaired) electrons. The van der Waals surface area contributed by atoms with Crippen molar-refractivity contribution in [2.75, 3.05) is 11.0 Å². The molecular formula is C18H18F2N2O3S. The SMILES string of the molecule is CC(NC(=O)/C=C/c1ccc(NS(C)(=O)=O)cc1)c1ccc(F)c(F)c1. The molecule has 0 saturated heterocycles. The molecule has 0 spiro atoms. The van der Waals surface area contributed by atoms with Gasteiger partial charge in [-0.15, -0.1) is 0 Å². The lowest BCUT2D eigenvalue weighted by molar-refractivity contribution is -0.117. The summed E-state index contributed by atoms with van der Waals surface area (Å²) in [4.78, 5) is 11.9. The highest BCUT2D eigenvalue weighted by atomic mass is 32.2. The standard InChI is InChI=1S/C18H18F2N2O3S/c1-12(14-6-9-16(19)17(20)11-14)21-18(23)10-5-13-3-7-15(8-4-13)22-26(2,24)25/h3-12,22H,1-2H3,(H,21,23)/b10-5+. The zero-order valence-electron chi connectivity index (χ0n) is 14.2. The van der Waals surface area contributed by atoms with Gasteiger partial charge in [0.25, 0.3) is 0 Å². The van der Waals surface area contributed by atoms with Crippen LogP contribution < -0.4 is 10.0 Å². The van der Waals surface area contributed by atoms with E-state index in [2.05, 4.69) is 10.0 Å². The molecule has 26 heavy (non-hydrogen) atoms. The van der Waals surface area contributed by atoms with Crippen LogP contribution in [0, 0.1) is 11.6 Å². The van der Waals surface area contributed by atoms with Crippen LogP contribution in [0.3, 0.4) is 0 Å². The number of carbonyl (C=O) groups excluding carboxylic acids is 1. The average molecular weight is 380 g/mol. The minimum Gasteiger partial charge on any atom is -0.346 e. The summed E-state index contributed by atoms with van der Waals surface area (Å²) in [5.41, 5.74) is 1.56. The van der Waals surface area contributed by atoms with Crippen molar-refractivity contribution in [2.45, 2.75) is 13.0 Å². The van der Waals surface area contributed by atoms with Gasteiger partial charge in [0.2, 0.25) is 15.9 Å². The lowest BCUT2D eigenvalue weighted by atomic mass is 10.1. The molecule has 0 aliphatic heterocycles. The number of sulfonamides is 1. The van der Waals surface area contributed by atoms with Crippen molar-refractivity contribution in [3.8, 4) is 0 Å². The van der Waals surface area contributed by atoms with E-state index in [1.54, 1.807) is 37.3 Å². The summed E-state index contributed by atoms with van der Waals surface area (Å²) in [6, 6.07) is 9.40. The second-order valence-corrected chi connectivity index (χ2v) is 7.48. The van der Waals surface area contributed by atoms with Gasteiger partial charge in [0, 0.05) is 11.8 Å². The van der Waals surface area contributed by atoms with E-state index in [1.807, 2.05) is 0 Å². The molecule has 0 aliphatic rings. The van der Waals surface area contributed by atoms with Crippen LogP contribution >= 0.6 is 0 Å². The molecule has 0 fully saturated rings. The normalized spacial score (nSPS) is 12.8. The molecule has 138 valence electrons. The molecule has 0 heterocycles. The van der Waals surface area contributed by atoms with Crippen molar-refractivity contribution in [3.63, 3.8) is 0 Å². The monoisotopic (exact) mass is 380 g/mol. The molecule has 2 N–H and O–H groups in total. The number of hydrogen-bond donors (Lipinski definition) is 2. The van der Waals surface area contributed by atoms with Gasteiger partial charge in [-0.3, -0.25) is 9.52 Å². The Hall–Kier alpha value is -2.74. The maximum absolute atomic E-state index is 13.2. The van der Waals surface area contributed by atoms with Crippen LogP contribution in [-0.2, 0) is 14.8 Å². The molecular weight excluding hydrogens is 362 g/mol. The van der Waals surface area contributed by atoms with Gasteiger partial charge < -0.3 is 5.32 Å². The Morgan fingerprint density at radius 3 is 2.31 bits per heavy atom. The summed E-state index contributed by atoms with van der Waals surface area (Å²) in [6.45, 7) is 1.66. The average Bonchev–Trinajstić information content (AvgIpc) is 2.55. The van der Waals surface area contributed by atoms with Crippen LogP contribution in [0.15, 0.2) is 48.5 Å². The molecule has 5 nitrogen and oxygen atoms in total. The van der Waals surface area contributed by atoms with Crippen molar-refractivity contribution < 1.29 is 22.0 Å². The van der Waals surface area contributed by atoms with Crippen LogP contribution in [0.1, 0.15) is 24.1 Å². The van der Waals surface area contributed by atoms with Crippen LogP contribution in [-0.4, -0.2) is 20.6 Å². The Balaban J connectivity index is 1.97. The molecule has 8 heteroatoms. The molecule has 0 aliphatic carbocycles. The number of nitrogens with one attached hydrogen (secondary N) is 2. The van der Waals surface area contributed by atoms with E-state index in [4.69, 9.17) is 0 Å². The Labute approximate surface area is 150 Å². The first-order valence-electron chi connectivity index (χ1n) is 7.65. The van der Waals surface area contributed by atoms with Crippen molar-refractivity contribution in [3.05, 3.63) is 71.3 Å². The molecule has 2 rings (SSSR count). The largest absolute Gasteiger partial charge is 0.346 e. The summed E-state index contributed by atoms with van der Waals surface area (Å²) in [5, 5.41) is 2.65. The van der Waals surface area contributed by atoms with Gasteiger partial charge in [-0.05, 0) is 48.4 Å². The van der Waals surface area contributed by atoms with Gasteiger partial charge in [-0.2, -0.15) is 0 Å². The number of anilines is 1. The van der Waals surface area contributed by atoms with Crippen molar-refractivity contribution in [1.82, 2.24) is 5.32 Å². The molecule has 0 saturated carbocycles. The van der Waals surface area contributed by atoms with Gasteiger partial charge in [-0.25, -0.2) is 17.2 Å². The minimum absolute atomic E-state index is 0.402. The predicted molar refractivity (Wildman–Crippen MR) is 96.9 cm³/mol.